The number of hydrogen-bond acceptors (Lipinski definition) is 5. The summed E-state index contributed by atoms with van der Waals surface area (Å²) in [6.07, 6.45) is 2.19. The van der Waals surface area contributed by atoms with Gasteiger partial charge < -0.3 is 10.2 Å². The zero-order chi connectivity index (χ0) is 13.8. The fraction of sp³-hybridized carbons (Fsp3) is 0.769. The average molecular weight is 284 g/mol. The van der Waals surface area contributed by atoms with Crippen LogP contribution >= 0.6 is 11.6 Å². The van der Waals surface area contributed by atoms with Crippen molar-refractivity contribution < 1.29 is 0 Å². The predicted molar refractivity (Wildman–Crippen MR) is 78.8 cm³/mol. The van der Waals surface area contributed by atoms with Crippen LogP contribution in [-0.4, -0.2) is 34.6 Å². The highest BCUT2D eigenvalue weighted by Crippen LogP contribution is 2.25. The maximum atomic E-state index is 5.98. The lowest BCUT2D eigenvalue weighted by atomic mass is 9.89. The Morgan fingerprint density at radius 1 is 1.26 bits per heavy atom. The van der Waals surface area contributed by atoms with E-state index in [1.165, 1.54) is 6.42 Å². The van der Waals surface area contributed by atoms with E-state index in [4.69, 9.17) is 11.6 Å². The number of aromatic nitrogens is 3. The molecule has 2 unspecified atom stereocenters. The van der Waals surface area contributed by atoms with Crippen molar-refractivity contribution in [3.05, 3.63) is 5.28 Å². The normalized spacial score (nSPS) is 23.5. The van der Waals surface area contributed by atoms with Gasteiger partial charge in [-0.3, -0.25) is 0 Å². The van der Waals surface area contributed by atoms with Crippen molar-refractivity contribution in [3.8, 4) is 0 Å². The predicted octanol–water partition coefficient (Wildman–Crippen LogP) is 2.83. The third-order valence-electron chi connectivity index (χ3n) is 3.75. The van der Waals surface area contributed by atoms with Gasteiger partial charge in [0.15, 0.2) is 0 Å². The molecule has 0 aliphatic carbocycles. The van der Waals surface area contributed by atoms with Crippen LogP contribution in [0.15, 0.2) is 0 Å². The third kappa shape index (κ3) is 3.69. The zero-order valence-electron chi connectivity index (χ0n) is 11.9. The van der Waals surface area contributed by atoms with E-state index >= 15 is 0 Å². The highest BCUT2D eigenvalue weighted by molar-refractivity contribution is 6.28. The third-order valence-corrected chi connectivity index (χ3v) is 3.92. The minimum atomic E-state index is 0.259. The van der Waals surface area contributed by atoms with Crippen LogP contribution < -0.4 is 10.2 Å². The van der Waals surface area contributed by atoms with E-state index in [0.717, 1.165) is 32.0 Å². The van der Waals surface area contributed by atoms with Crippen LogP contribution in [0.4, 0.5) is 11.9 Å². The molecule has 5 nitrogen and oxygen atoms in total. The number of piperidine rings is 1. The number of nitrogens with zero attached hydrogens (tertiary/aromatic N) is 4. The largest absolute Gasteiger partial charge is 0.354 e. The van der Waals surface area contributed by atoms with E-state index in [0.29, 0.717) is 17.8 Å². The summed E-state index contributed by atoms with van der Waals surface area (Å²) in [5.41, 5.74) is 0. The summed E-state index contributed by atoms with van der Waals surface area (Å²) in [5.74, 6) is 2.67. The summed E-state index contributed by atoms with van der Waals surface area (Å²) in [4.78, 5) is 15.0. The molecular formula is C13H22ClN5. The summed E-state index contributed by atoms with van der Waals surface area (Å²) >= 11 is 5.98. The molecule has 0 spiro atoms. The molecular weight excluding hydrogens is 262 g/mol. The van der Waals surface area contributed by atoms with Crippen molar-refractivity contribution in [2.24, 2.45) is 11.8 Å². The van der Waals surface area contributed by atoms with Crippen LogP contribution in [0.3, 0.4) is 0 Å². The molecule has 0 bridgehead atoms. The van der Waals surface area contributed by atoms with Gasteiger partial charge in [0.2, 0.25) is 17.2 Å². The monoisotopic (exact) mass is 283 g/mol. The van der Waals surface area contributed by atoms with E-state index in [2.05, 4.69) is 45.9 Å². The first-order chi connectivity index (χ1) is 9.10. The second-order valence-electron chi connectivity index (χ2n) is 5.34. The van der Waals surface area contributed by atoms with Gasteiger partial charge in [-0.05, 0) is 36.3 Å². The Kier molecular flexibility index (Phi) is 4.80. The molecule has 2 rings (SSSR count). The molecule has 19 heavy (non-hydrogen) atoms. The molecule has 1 aromatic heterocycles. The van der Waals surface area contributed by atoms with Crippen molar-refractivity contribution >= 4 is 23.5 Å². The van der Waals surface area contributed by atoms with Crippen LogP contribution in [-0.2, 0) is 0 Å². The maximum absolute atomic E-state index is 5.98. The Bertz CT molecular complexity index is 425. The molecule has 1 saturated heterocycles. The zero-order valence-corrected chi connectivity index (χ0v) is 12.6. The van der Waals surface area contributed by atoms with Gasteiger partial charge in [-0.15, -0.1) is 0 Å². The van der Waals surface area contributed by atoms with Crippen molar-refractivity contribution in [1.82, 2.24) is 15.0 Å². The van der Waals surface area contributed by atoms with Crippen molar-refractivity contribution in [3.63, 3.8) is 0 Å². The van der Waals surface area contributed by atoms with E-state index in [1.807, 2.05) is 0 Å². The quantitative estimate of drug-likeness (QED) is 0.921. The van der Waals surface area contributed by atoms with E-state index in [1.54, 1.807) is 0 Å². The van der Waals surface area contributed by atoms with Gasteiger partial charge in [0.1, 0.15) is 0 Å². The fourth-order valence-corrected chi connectivity index (χ4v) is 2.40. The first-order valence-corrected chi connectivity index (χ1v) is 7.38. The second-order valence-corrected chi connectivity index (χ2v) is 5.68. The number of nitrogens with one attached hydrogen (secondary N) is 1. The molecule has 1 aromatic rings. The van der Waals surface area contributed by atoms with Gasteiger partial charge in [0.25, 0.3) is 0 Å². The Labute approximate surface area is 119 Å². The van der Waals surface area contributed by atoms with Gasteiger partial charge in [0.05, 0.1) is 0 Å². The maximum Gasteiger partial charge on any atom is 0.231 e. The Balaban J connectivity index is 2.13. The van der Waals surface area contributed by atoms with Crippen molar-refractivity contribution in [2.45, 2.75) is 33.6 Å². The highest BCUT2D eigenvalue weighted by Gasteiger charge is 2.24. The Morgan fingerprint density at radius 2 is 2.05 bits per heavy atom. The lowest BCUT2D eigenvalue weighted by Gasteiger charge is -2.35. The van der Waals surface area contributed by atoms with E-state index < -0.39 is 0 Å². The van der Waals surface area contributed by atoms with Crippen LogP contribution in [0.25, 0.3) is 0 Å². The summed E-state index contributed by atoms with van der Waals surface area (Å²) in [6, 6.07) is 0. The average Bonchev–Trinajstić information content (AvgIpc) is 2.39. The summed E-state index contributed by atoms with van der Waals surface area (Å²) < 4.78 is 0. The van der Waals surface area contributed by atoms with E-state index in [9.17, 15) is 0 Å². The van der Waals surface area contributed by atoms with Crippen LogP contribution in [0.5, 0.6) is 0 Å². The first-order valence-electron chi connectivity index (χ1n) is 7.00. The number of hydrogen-bond donors (Lipinski definition) is 1. The lowest BCUT2D eigenvalue weighted by molar-refractivity contribution is 0.321. The number of anilines is 2. The Morgan fingerprint density at radius 3 is 2.74 bits per heavy atom. The minimum Gasteiger partial charge on any atom is -0.354 e. The van der Waals surface area contributed by atoms with Gasteiger partial charge >= 0.3 is 0 Å². The van der Waals surface area contributed by atoms with Gasteiger partial charge in [0, 0.05) is 19.6 Å². The standard InChI is InChI=1S/C13H22ClN5/c1-4-6-15-12-16-11(14)17-13(18-12)19-7-5-9(2)10(3)8-19/h9-10H,4-8H2,1-3H3,(H,15,16,17,18). The fourth-order valence-electron chi connectivity index (χ4n) is 2.24. The van der Waals surface area contributed by atoms with E-state index in [-0.39, 0.29) is 5.28 Å². The molecule has 2 atom stereocenters. The van der Waals surface area contributed by atoms with Gasteiger partial charge in [-0.25, -0.2) is 0 Å². The Hall–Kier alpha value is -1.10. The molecule has 6 heteroatoms. The highest BCUT2D eigenvalue weighted by atomic mass is 35.5. The van der Waals surface area contributed by atoms with Crippen molar-refractivity contribution in [2.75, 3.05) is 29.9 Å². The second kappa shape index (κ2) is 6.37. The molecule has 106 valence electrons. The molecule has 1 fully saturated rings. The minimum absolute atomic E-state index is 0.259. The summed E-state index contributed by atoms with van der Waals surface area (Å²) in [6.45, 7) is 9.48. The molecule has 0 radical (unpaired) electrons. The molecule has 2 heterocycles. The first kappa shape index (κ1) is 14.3. The molecule has 0 aromatic carbocycles. The topological polar surface area (TPSA) is 53.9 Å². The summed E-state index contributed by atoms with van der Waals surface area (Å²) in [7, 11) is 0. The molecule has 1 aliphatic heterocycles. The number of halogens is 1. The smallest absolute Gasteiger partial charge is 0.231 e. The van der Waals surface area contributed by atoms with Crippen molar-refractivity contribution in [1.29, 1.82) is 0 Å². The molecule has 0 amide bonds. The lowest BCUT2D eigenvalue weighted by Crippen LogP contribution is -2.39. The van der Waals surface area contributed by atoms with Gasteiger partial charge in [-0.2, -0.15) is 15.0 Å². The van der Waals surface area contributed by atoms with Crippen LogP contribution in [0, 0.1) is 11.8 Å². The summed E-state index contributed by atoms with van der Waals surface area (Å²) in [5, 5.41) is 3.42. The molecule has 1 aliphatic rings. The SMILES string of the molecule is CCCNc1nc(Cl)nc(N2CCC(C)C(C)C2)n1. The van der Waals surface area contributed by atoms with Crippen LogP contribution in [0.2, 0.25) is 5.28 Å². The number of rotatable bonds is 4. The molecule has 0 saturated carbocycles. The van der Waals surface area contributed by atoms with Gasteiger partial charge in [-0.1, -0.05) is 20.8 Å². The van der Waals surface area contributed by atoms with Crippen LogP contribution in [0.1, 0.15) is 33.6 Å². The molecule has 1 N–H and O–H groups in total.